The Morgan fingerprint density at radius 2 is 1.08 bits per heavy atom. The van der Waals surface area contributed by atoms with E-state index in [2.05, 4.69) is 38.1 Å². The number of carboxylic acid groups (broad SMARTS) is 2. The number of likely N-dealkylation sites (tertiary alicyclic amines) is 2. The molecule has 2 aliphatic rings. The summed E-state index contributed by atoms with van der Waals surface area (Å²) in [6.45, 7) is 7.49. The number of rotatable bonds is 13. The largest absolute Gasteiger partial charge is 0.487 e. The van der Waals surface area contributed by atoms with Crippen LogP contribution in [-0.2, 0) is 35.9 Å². The second kappa shape index (κ2) is 17.2. The van der Waals surface area contributed by atoms with Crippen LogP contribution >= 0.6 is 23.2 Å². The third-order valence-electron chi connectivity index (χ3n) is 10.5. The van der Waals surface area contributed by atoms with Gasteiger partial charge in [-0.05, 0) is 121 Å². The summed E-state index contributed by atoms with van der Waals surface area (Å²) in [5, 5.41) is 20.3. The summed E-state index contributed by atoms with van der Waals surface area (Å²) >= 11 is 13.3. The van der Waals surface area contributed by atoms with Crippen LogP contribution in [0.1, 0.15) is 71.9 Å². The SMILES string of the molecule is Cc1c(COc2ccc(CN3CCCC[C@H]3C(=O)O)cc2Cl)cccc1-c1cccc(COc2ccc(CN3CCCC[C@H]3C(=O)O)cc2Cl)c1C. The van der Waals surface area contributed by atoms with Gasteiger partial charge in [0.15, 0.2) is 0 Å². The van der Waals surface area contributed by atoms with Gasteiger partial charge in [0.25, 0.3) is 0 Å². The normalized spacial score (nSPS) is 18.2. The quantitative estimate of drug-likeness (QED) is 0.140. The van der Waals surface area contributed by atoms with E-state index in [1.54, 1.807) is 0 Å². The highest BCUT2D eigenvalue weighted by Gasteiger charge is 2.29. The van der Waals surface area contributed by atoms with E-state index >= 15 is 0 Å². The van der Waals surface area contributed by atoms with Crippen LogP contribution in [0.25, 0.3) is 11.1 Å². The Labute approximate surface area is 315 Å². The molecule has 4 aromatic rings. The minimum absolute atomic E-state index is 0.344. The van der Waals surface area contributed by atoms with Gasteiger partial charge >= 0.3 is 11.9 Å². The molecule has 2 heterocycles. The summed E-state index contributed by atoms with van der Waals surface area (Å²) in [6.07, 6.45) is 5.21. The Hall–Kier alpha value is -4.08. The van der Waals surface area contributed by atoms with E-state index in [4.69, 9.17) is 32.7 Å². The molecule has 0 unspecified atom stereocenters. The Balaban J connectivity index is 1.09. The number of carbonyl (C=O) groups is 2. The zero-order valence-electron chi connectivity index (χ0n) is 29.7. The molecule has 0 saturated carbocycles. The van der Waals surface area contributed by atoms with Gasteiger partial charge in [0, 0.05) is 13.1 Å². The first-order valence-electron chi connectivity index (χ1n) is 18.0. The maximum Gasteiger partial charge on any atom is 0.320 e. The molecule has 8 nitrogen and oxygen atoms in total. The smallest absolute Gasteiger partial charge is 0.320 e. The van der Waals surface area contributed by atoms with Crippen LogP contribution in [0.3, 0.4) is 0 Å². The topological polar surface area (TPSA) is 99.5 Å². The first-order chi connectivity index (χ1) is 25.1. The highest BCUT2D eigenvalue weighted by atomic mass is 35.5. The molecule has 274 valence electrons. The maximum atomic E-state index is 11.7. The summed E-state index contributed by atoms with van der Waals surface area (Å²) in [4.78, 5) is 27.5. The molecule has 0 spiro atoms. The molecule has 6 rings (SSSR count). The monoisotopic (exact) mass is 744 g/mol. The minimum atomic E-state index is -0.770. The van der Waals surface area contributed by atoms with Crippen molar-refractivity contribution < 1.29 is 29.3 Å². The fraction of sp³-hybridized carbons (Fsp3) is 0.381. The van der Waals surface area contributed by atoms with Crippen molar-refractivity contribution in [1.82, 2.24) is 9.80 Å². The van der Waals surface area contributed by atoms with Crippen molar-refractivity contribution in [3.63, 3.8) is 0 Å². The van der Waals surface area contributed by atoms with Crippen molar-refractivity contribution in [1.29, 1.82) is 0 Å². The van der Waals surface area contributed by atoms with Gasteiger partial charge in [0.2, 0.25) is 0 Å². The summed E-state index contributed by atoms with van der Waals surface area (Å²) in [5.74, 6) is -0.370. The third-order valence-corrected chi connectivity index (χ3v) is 11.1. The molecule has 0 aliphatic carbocycles. The Morgan fingerprint density at radius 1 is 0.654 bits per heavy atom. The van der Waals surface area contributed by atoms with Crippen molar-refractivity contribution in [2.75, 3.05) is 13.1 Å². The van der Waals surface area contributed by atoms with Crippen LogP contribution in [0.4, 0.5) is 0 Å². The lowest BCUT2D eigenvalue weighted by Crippen LogP contribution is -2.43. The molecule has 2 atom stereocenters. The summed E-state index contributed by atoms with van der Waals surface area (Å²) < 4.78 is 12.4. The highest BCUT2D eigenvalue weighted by Crippen LogP contribution is 2.34. The Kier molecular flexibility index (Phi) is 12.4. The third kappa shape index (κ3) is 8.92. The van der Waals surface area contributed by atoms with E-state index in [0.717, 1.165) is 83.3 Å². The molecule has 2 saturated heterocycles. The average Bonchev–Trinajstić information content (AvgIpc) is 3.12. The second-order valence-electron chi connectivity index (χ2n) is 13.9. The number of nitrogens with zero attached hydrogens (tertiary/aromatic N) is 2. The van der Waals surface area contributed by atoms with E-state index in [-0.39, 0.29) is 0 Å². The van der Waals surface area contributed by atoms with E-state index < -0.39 is 24.0 Å². The standard InChI is InChI=1S/C42H46Cl2N2O6/c1-27-31(25-51-39-17-15-29(21-35(39)43)23-45-19-5-3-13-37(45)41(47)48)9-7-11-33(27)34-12-8-10-32(28(34)2)26-52-40-18-16-30(22-36(40)44)24-46-20-6-4-14-38(46)42(49)50/h7-12,15-18,21-22,37-38H,3-6,13-14,19-20,23-26H2,1-2H3,(H,47,48)(H,49,50)/t37-,38-/m0/s1. The second-order valence-corrected chi connectivity index (χ2v) is 14.7. The van der Waals surface area contributed by atoms with E-state index in [0.29, 0.717) is 60.7 Å². The average molecular weight is 746 g/mol. The first kappa shape index (κ1) is 37.7. The van der Waals surface area contributed by atoms with Gasteiger partial charge in [-0.2, -0.15) is 0 Å². The number of carboxylic acids is 2. The molecule has 0 radical (unpaired) electrons. The van der Waals surface area contributed by atoms with Crippen molar-refractivity contribution >= 4 is 35.1 Å². The lowest BCUT2D eigenvalue weighted by molar-refractivity contribution is -0.145. The van der Waals surface area contributed by atoms with Gasteiger partial charge < -0.3 is 19.7 Å². The predicted molar refractivity (Wildman–Crippen MR) is 204 cm³/mol. The number of ether oxygens (including phenoxy) is 2. The lowest BCUT2D eigenvalue weighted by atomic mass is 9.92. The van der Waals surface area contributed by atoms with Gasteiger partial charge in [0.1, 0.15) is 36.8 Å². The molecule has 4 aromatic carbocycles. The summed E-state index contributed by atoms with van der Waals surface area (Å²) in [5.41, 5.74) is 8.45. The number of aliphatic carboxylic acids is 2. The van der Waals surface area contributed by atoms with Gasteiger partial charge in [-0.25, -0.2) is 0 Å². The van der Waals surface area contributed by atoms with Crippen LogP contribution in [0, 0.1) is 13.8 Å². The van der Waals surface area contributed by atoms with Crippen LogP contribution in [-0.4, -0.2) is 57.1 Å². The Bertz CT molecular complexity index is 1780. The van der Waals surface area contributed by atoms with E-state index in [1.165, 1.54) is 0 Å². The molecule has 0 amide bonds. The Morgan fingerprint density at radius 3 is 1.46 bits per heavy atom. The van der Waals surface area contributed by atoms with Crippen LogP contribution in [0.5, 0.6) is 11.5 Å². The van der Waals surface area contributed by atoms with Gasteiger partial charge in [-0.1, -0.05) is 84.6 Å². The molecule has 0 bridgehead atoms. The fourth-order valence-corrected chi connectivity index (χ4v) is 8.00. The van der Waals surface area contributed by atoms with Crippen molar-refractivity contribution in [2.24, 2.45) is 0 Å². The molecule has 0 aromatic heterocycles. The van der Waals surface area contributed by atoms with Crippen LogP contribution < -0.4 is 9.47 Å². The van der Waals surface area contributed by atoms with Crippen LogP contribution in [0.2, 0.25) is 10.0 Å². The fourth-order valence-electron chi connectivity index (χ4n) is 7.48. The summed E-state index contributed by atoms with van der Waals surface area (Å²) in [6, 6.07) is 22.9. The maximum absolute atomic E-state index is 11.7. The van der Waals surface area contributed by atoms with Crippen molar-refractivity contribution in [3.05, 3.63) is 116 Å². The molecular formula is C42H46Cl2N2O6. The van der Waals surface area contributed by atoms with Gasteiger partial charge in [-0.3, -0.25) is 19.4 Å². The summed E-state index contributed by atoms with van der Waals surface area (Å²) in [7, 11) is 0. The minimum Gasteiger partial charge on any atom is -0.487 e. The molecule has 52 heavy (non-hydrogen) atoms. The number of piperidine rings is 2. The first-order valence-corrected chi connectivity index (χ1v) is 18.8. The number of halogens is 2. The molecule has 2 N–H and O–H groups in total. The van der Waals surface area contributed by atoms with Crippen LogP contribution in [0.15, 0.2) is 72.8 Å². The number of hydrogen-bond donors (Lipinski definition) is 2. The number of hydrogen-bond acceptors (Lipinski definition) is 6. The van der Waals surface area contributed by atoms with E-state index in [1.807, 2.05) is 58.3 Å². The molecule has 2 fully saturated rings. The lowest BCUT2D eigenvalue weighted by Gasteiger charge is -2.32. The number of benzene rings is 4. The van der Waals surface area contributed by atoms with Gasteiger partial charge in [-0.15, -0.1) is 0 Å². The zero-order chi connectivity index (χ0) is 36.8. The van der Waals surface area contributed by atoms with Crippen molar-refractivity contribution in [3.8, 4) is 22.6 Å². The van der Waals surface area contributed by atoms with Gasteiger partial charge in [0.05, 0.1) is 10.0 Å². The zero-order valence-corrected chi connectivity index (χ0v) is 31.3. The highest BCUT2D eigenvalue weighted by molar-refractivity contribution is 6.32. The predicted octanol–water partition coefficient (Wildman–Crippen LogP) is 9.31. The molecule has 10 heteroatoms. The molecule has 2 aliphatic heterocycles. The van der Waals surface area contributed by atoms with Crippen molar-refractivity contribution in [2.45, 2.75) is 90.8 Å². The van der Waals surface area contributed by atoms with E-state index in [9.17, 15) is 19.8 Å². The molecular weight excluding hydrogens is 699 g/mol.